The minimum Gasteiger partial charge on any atom is -0.336 e. The van der Waals surface area contributed by atoms with Crippen molar-refractivity contribution in [3.63, 3.8) is 0 Å². The number of aromatic nitrogens is 1. The number of fused-ring (bicyclic) bond motifs is 1. The van der Waals surface area contributed by atoms with Gasteiger partial charge in [-0.15, -0.1) is 0 Å². The van der Waals surface area contributed by atoms with E-state index < -0.39 is 6.23 Å². The van der Waals surface area contributed by atoms with Crippen LogP contribution in [-0.4, -0.2) is 10.9 Å². The van der Waals surface area contributed by atoms with Crippen LogP contribution in [0.25, 0.3) is 0 Å². The quantitative estimate of drug-likeness (QED) is 0.643. The van der Waals surface area contributed by atoms with E-state index in [4.69, 9.17) is 0 Å². The van der Waals surface area contributed by atoms with Crippen LogP contribution in [0.2, 0.25) is 0 Å². The van der Waals surface area contributed by atoms with Crippen LogP contribution in [0.15, 0.2) is 24.4 Å². The van der Waals surface area contributed by atoms with Gasteiger partial charge < -0.3 is 5.11 Å². The SMILES string of the molecule is CCC1C(=O)c2cccc[n+]2C1O. The highest BCUT2D eigenvalue weighted by molar-refractivity contribution is 5.96. The summed E-state index contributed by atoms with van der Waals surface area (Å²) < 4.78 is 1.64. The smallest absolute Gasteiger partial charge is 0.271 e. The first-order chi connectivity index (χ1) is 6.25. The fourth-order valence-corrected chi connectivity index (χ4v) is 1.81. The number of aliphatic hydroxyl groups is 1. The molecule has 0 aliphatic carbocycles. The Labute approximate surface area is 76.6 Å². The highest BCUT2D eigenvalue weighted by Gasteiger charge is 2.44. The third-order valence-electron chi connectivity index (χ3n) is 2.56. The standard InChI is InChI=1S/C10H12NO2/c1-2-7-9(12)8-5-3-4-6-11(8)10(7)13/h3-7,10,13H,2H2,1H3/q+1. The predicted molar refractivity (Wildman–Crippen MR) is 46.0 cm³/mol. The monoisotopic (exact) mass is 178 g/mol. The van der Waals surface area contributed by atoms with Gasteiger partial charge in [-0.25, -0.2) is 0 Å². The second kappa shape index (κ2) is 2.92. The van der Waals surface area contributed by atoms with Gasteiger partial charge in [0.05, 0.1) is 0 Å². The molecule has 2 unspecified atom stereocenters. The normalized spacial score (nSPS) is 26.2. The Morgan fingerprint density at radius 1 is 1.54 bits per heavy atom. The van der Waals surface area contributed by atoms with E-state index >= 15 is 0 Å². The molecule has 1 aromatic heterocycles. The lowest BCUT2D eigenvalue weighted by Crippen LogP contribution is -2.39. The van der Waals surface area contributed by atoms with E-state index in [2.05, 4.69) is 0 Å². The Morgan fingerprint density at radius 2 is 2.31 bits per heavy atom. The summed E-state index contributed by atoms with van der Waals surface area (Å²) in [5.74, 6) is -0.210. The molecule has 0 radical (unpaired) electrons. The van der Waals surface area contributed by atoms with Crippen molar-refractivity contribution < 1.29 is 14.5 Å². The average Bonchev–Trinajstić information content (AvgIpc) is 2.41. The fraction of sp³-hybridized carbons (Fsp3) is 0.400. The third-order valence-corrected chi connectivity index (χ3v) is 2.56. The zero-order chi connectivity index (χ0) is 9.42. The van der Waals surface area contributed by atoms with Gasteiger partial charge in [0.1, 0.15) is 5.92 Å². The molecule has 0 saturated heterocycles. The molecule has 0 amide bonds. The summed E-state index contributed by atoms with van der Waals surface area (Å²) in [7, 11) is 0. The van der Waals surface area contributed by atoms with Crippen LogP contribution in [0.1, 0.15) is 30.1 Å². The van der Waals surface area contributed by atoms with Crippen molar-refractivity contribution in [1.82, 2.24) is 0 Å². The van der Waals surface area contributed by atoms with Crippen molar-refractivity contribution >= 4 is 5.78 Å². The number of aliphatic hydroxyl groups excluding tert-OH is 1. The number of hydrogen-bond donors (Lipinski definition) is 1. The largest absolute Gasteiger partial charge is 0.336 e. The van der Waals surface area contributed by atoms with Gasteiger partial charge >= 0.3 is 0 Å². The van der Waals surface area contributed by atoms with Crippen LogP contribution in [-0.2, 0) is 0 Å². The summed E-state index contributed by atoms with van der Waals surface area (Å²) >= 11 is 0. The van der Waals surface area contributed by atoms with Gasteiger partial charge in [0.25, 0.3) is 11.9 Å². The molecule has 1 aromatic rings. The van der Waals surface area contributed by atoms with Crippen molar-refractivity contribution in [3.8, 4) is 0 Å². The molecule has 3 heteroatoms. The molecule has 2 rings (SSSR count). The number of nitrogens with zero attached hydrogens (tertiary/aromatic N) is 1. The van der Waals surface area contributed by atoms with Gasteiger partial charge in [-0.3, -0.25) is 4.79 Å². The van der Waals surface area contributed by atoms with Gasteiger partial charge in [0.2, 0.25) is 5.78 Å². The van der Waals surface area contributed by atoms with Crippen LogP contribution < -0.4 is 4.57 Å². The van der Waals surface area contributed by atoms with E-state index in [9.17, 15) is 9.90 Å². The van der Waals surface area contributed by atoms with Crippen LogP contribution in [0, 0.1) is 5.92 Å². The lowest BCUT2D eigenvalue weighted by molar-refractivity contribution is -0.757. The van der Waals surface area contributed by atoms with Crippen LogP contribution >= 0.6 is 0 Å². The molecule has 13 heavy (non-hydrogen) atoms. The van der Waals surface area contributed by atoms with Crippen LogP contribution in [0.4, 0.5) is 0 Å². The number of pyridine rings is 1. The molecule has 1 N–H and O–H groups in total. The van der Waals surface area contributed by atoms with E-state index in [-0.39, 0.29) is 11.7 Å². The Hall–Kier alpha value is -1.22. The molecule has 0 aromatic carbocycles. The molecule has 2 atom stereocenters. The Balaban J connectivity index is 2.50. The maximum Gasteiger partial charge on any atom is 0.271 e. The lowest BCUT2D eigenvalue weighted by Gasteiger charge is -2.03. The molecule has 0 fully saturated rings. The van der Waals surface area contributed by atoms with Gasteiger partial charge in [0, 0.05) is 12.1 Å². The van der Waals surface area contributed by atoms with E-state index in [1.54, 1.807) is 16.8 Å². The molecule has 1 aliphatic heterocycles. The van der Waals surface area contributed by atoms with Gasteiger partial charge in [-0.05, 0) is 12.5 Å². The van der Waals surface area contributed by atoms with E-state index in [0.717, 1.165) is 0 Å². The molecular formula is C10H12NO2+. The maximum atomic E-state index is 11.7. The Morgan fingerprint density at radius 3 is 2.92 bits per heavy atom. The maximum absolute atomic E-state index is 11.7. The number of carbonyl (C=O) groups excluding carboxylic acids is 1. The summed E-state index contributed by atoms with van der Waals surface area (Å²) in [6.07, 6.45) is 1.75. The average molecular weight is 178 g/mol. The first kappa shape index (κ1) is 8.38. The molecule has 2 heterocycles. The Kier molecular flexibility index (Phi) is 1.88. The first-order valence-corrected chi connectivity index (χ1v) is 4.48. The molecule has 0 bridgehead atoms. The zero-order valence-electron chi connectivity index (χ0n) is 7.47. The zero-order valence-corrected chi connectivity index (χ0v) is 7.47. The summed E-state index contributed by atoms with van der Waals surface area (Å²) in [6.45, 7) is 1.91. The van der Waals surface area contributed by atoms with Crippen molar-refractivity contribution in [2.75, 3.05) is 0 Å². The number of rotatable bonds is 1. The van der Waals surface area contributed by atoms with Crippen molar-refractivity contribution in [2.24, 2.45) is 5.92 Å². The number of hydrogen-bond acceptors (Lipinski definition) is 2. The second-order valence-electron chi connectivity index (χ2n) is 3.29. The van der Waals surface area contributed by atoms with E-state index in [1.807, 2.05) is 19.1 Å². The van der Waals surface area contributed by atoms with Gasteiger partial charge in [-0.2, -0.15) is 4.57 Å². The summed E-state index contributed by atoms with van der Waals surface area (Å²) in [5.41, 5.74) is 0.613. The number of carbonyl (C=O) groups is 1. The van der Waals surface area contributed by atoms with E-state index in [1.165, 1.54) is 0 Å². The summed E-state index contributed by atoms with van der Waals surface area (Å²) in [4.78, 5) is 11.7. The van der Waals surface area contributed by atoms with E-state index in [0.29, 0.717) is 12.1 Å². The third kappa shape index (κ3) is 1.08. The summed E-state index contributed by atoms with van der Waals surface area (Å²) in [6, 6.07) is 5.38. The molecule has 1 aliphatic rings. The molecular weight excluding hydrogens is 166 g/mol. The predicted octanol–water partition coefficient (Wildman–Crippen LogP) is 0.688. The fourth-order valence-electron chi connectivity index (χ4n) is 1.81. The molecule has 0 spiro atoms. The topological polar surface area (TPSA) is 41.2 Å². The highest BCUT2D eigenvalue weighted by Crippen LogP contribution is 2.24. The van der Waals surface area contributed by atoms with Crippen molar-refractivity contribution in [3.05, 3.63) is 30.1 Å². The Bertz CT molecular complexity index is 349. The first-order valence-electron chi connectivity index (χ1n) is 4.48. The van der Waals surface area contributed by atoms with Crippen LogP contribution in [0.5, 0.6) is 0 Å². The summed E-state index contributed by atoms with van der Waals surface area (Å²) in [5, 5.41) is 9.75. The number of ketones is 1. The highest BCUT2D eigenvalue weighted by atomic mass is 16.3. The van der Waals surface area contributed by atoms with Gasteiger partial charge in [0.15, 0.2) is 6.20 Å². The minimum atomic E-state index is -0.673. The second-order valence-corrected chi connectivity index (χ2v) is 3.29. The van der Waals surface area contributed by atoms with Crippen molar-refractivity contribution in [1.29, 1.82) is 0 Å². The number of Topliss-reactive ketones (excluding diaryl/α,β-unsaturated/α-hetero) is 1. The molecule has 68 valence electrons. The van der Waals surface area contributed by atoms with Crippen LogP contribution in [0.3, 0.4) is 0 Å². The van der Waals surface area contributed by atoms with Crippen molar-refractivity contribution in [2.45, 2.75) is 19.6 Å². The molecule has 3 nitrogen and oxygen atoms in total. The molecule has 0 saturated carbocycles. The minimum absolute atomic E-state index is 0.0515. The lowest BCUT2D eigenvalue weighted by atomic mass is 10.0. The van der Waals surface area contributed by atoms with Gasteiger partial charge in [-0.1, -0.05) is 6.92 Å².